The average molecular weight is 469 g/mol. The average Bonchev–Trinajstić information content (AvgIpc) is 3.49. The lowest BCUT2D eigenvalue weighted by Crippen LogP contribution is -2.49. The van der Waals surface area contributed by atoms with E-state index in [2.05, 4.69) is 31.1 Å². The number of carbonyl (C=O) groups excluding carboxylic acids is 1. The summed E-state index contributed by atoms with van der Waals surface area (Å²) in [6, 6.07) is 2.94. The molecule has 0 spiro atoms. The van der Waals surface area contributed by atoms with Gasteiger partial charge in [-0.15, -0.1) is 0 Å². The van der Waals surface area contributed by atoms with Gasteiger partial charge in [0.25, 0.3) is 0 Å². The molecule has 4 heterocycles. The number of likely N-dealkylation sites (tertiary alicyclic amines) is 2. The fourth-order valence-corrected chi connectivity index (χ4v) is 6.58. The van der Waals surface area contributed by atoms with Crippen molar-refractivity contribution in [2.45, 2.75) is 95.6 Å². The lowest BCUT2D eigenvalue weighted by Gasteiger charge is -2.38. The molecule has 2 atom stereocenters. The van der Waals surface area contributed by atoms with Crippen LogP contribution in [-0.2, 0) is 4.79 Å². The van der Waals surface area contributed by atoms with E-state index in [-0.39, 0.29) is 0 Å². The summed E-state index contributed by atoms with van der Waals surface area (Å²) in [5.74, 6) is 3.02. The number of rotatable bonds is 7. The number of nitrogens with one attached hydrogen (secondary N) is 1. The molecule has 1 aromatic rings. The minimum atomic E-state index is 0.382. The summed E-state index contributed by atoms with van der Waals surface area (Å²) in [5.41, 5.74) is 0. The Balaban J connectivity index is 1.10. The van der Waals surface area contributed by atoms with Crippen molar-refractivity contribution in [1.29, 1.82) is 0 Å². The molecular weight excluding hydrogens is 424 g/mol. The zero-order valence-corrected chi connectivity index (χ0v) is 21.0. The highest BCUT2D eigenvalue weighted by Gasteiger charge is 2.33. The van der Waals surface area contributed by atoms with Crippen molar-refractivity contribution >= 4 is 17.7 Å². The maximum Gasteiger partial charge on any atom is 0.224 e. The highest BCUT2D eigenvalue weighted by Crippen LogP contribution is 2.29. The van der Waals surface area contributed by atoms with E-state index in [1.807, 2.05) is 6.20 Å². The summed E-state index contributed by atoms with van der Waals surface area (Å²) in [7, 11) is 0. The Morgan fingerprint density at radius 3 is 2.56 bits per heavy atom. The molecule has 34 heavy (non-hydrogen) atoms. The minimum Gasteiger partial charge on any atom is -0.356 e. The molecule has 7 nitrogen and oxygen atoms in total. The van der Waals surface area contributed by atoms with E-state index in [4.69, 9.17) is 4.98 Å². The van der Waals surface area contributed by atoms with E-state index >= 15 is 0 Å². The Bertz CT molecular complexity index is 789. The molecule has 4 aliphatic rings. The van der Waals surface area contributed by atoms with Crippen LogP contribution in [0.2, 0.25) is 0 Å². The van der Waals surface area contributed by atoms with E-state index in [0.717, 1.165) is 82.6 Å². The molecule has 5 rings (SSSR count). The van der Waals surface area contributed by atoms with Crippen molar-refractivity contribution in [3.8, 4) is 0 Å². The Morgan fingerprint density at radius 2 is 1.74 bits per heavy atom. The first kappa shape index (κ1) is 23.8. The van der Waals surface area contributed by atoms with Crippen LogP contribution in [0.25, 0.3) is 0 Å². The minimum absolute atomic E-state index is 0.382. The number of hydrogen-bond acceptors (Lipinski definition) is 6. The van der Waals surface area contributed by atoms with Crippen LogP contribution in [0.5, 0.6) is 0 Å². The van der Waals surface area contributed by atoms with Gasteiger partial charge in [0, 0.05) is 64.0 Å². The van der Waals surface area contributed by atoms with Crippen LogP contribution in [-0.4, -0.2) is 77.0 Å². The third-order valence-corrected chi connectivity index (χ3v) is 8.63. The highest BCUT2D eigenvalue weighted by atomic mass is 16.2. The summed E-state index contributed by atoms with van der Waals surface area (Å²) in [6.45, 7) is 6.19. The Labute approximate surface area is 205 Å². The lowest BCUT2D eigenvalue weighted by atomic mass is 10.00. The van der Waals surface area contributed by atoms with Crippen LogP contribution >= 0.6 is 0 Å². The van der Waals surface area contributed by atoms with Gasteiger partial charge in [0.05, 0.1) is 0 Å². The van der Waals surface area contributed by atoms with Gasteiger partial charge in [0.2, 0.25) is 11.9 Å². The molecule has 3 saturated heterocycles. The van der Waals surface area contributed by atoms with Crippen molar-refractivity contribution in [2.75, 3.05) is 49.5 Å². The summed E-state index contributed by atoms with van der Waals surface area (Å²) >= 11 is 0. The maximum absolute atomic E-state index is 12.9. The standard InChI is InChI=1S/C27H44N6O/c34-26(12-11-22-8-3-4-9-22)33-18-7-10-24(21-33)32-19-14-23(20-32)29-27-28-15-13-25(30-27)31-16-5-1-2-6-17-31/h13,15,22-24H,1-12,14,16-21H2,(H,28,29,30). The first-order chi connectivity index (χ1) is 16.7. The van der Waals surface area contributed by atoms with Gasteiger partial charge in [-0.05, 0) is 50.5 Å². The molecule has 3 aliphatic heterocycles. The van der Waals surface area contributed by atoms with Crippen LogP contribution in [0.4, 0.5) is 11.8 Å². The molecule has 188 valence electrons. The summed E-state index contributed by atoms with van der Waals surface area (Å²) < 4.78 is 0. The van der Waals surface area contributed by atoms with Crippen molar-refractivity contribution in [1.82, 2.24) is 19.8 Å². The molecule has 1 amide bonds. The smallest absolute Gasteiger partial charge is 0.224 e. The van der Waals surface area contributed by atoms with Gasteiger partial charge in [0.15, 0.2) is 0 Å². The monoisotopic (exact) mass is 468 g/mol. The van der Waals surface area contributed by atoms with E-state index in [9.17, 15) is 4.79 Å². The third-order valence-electron chi connectivity index (χ3n) is 8.63. The Kier molecular flexibility index (Phi) is 8.20. The van der Waals surface area contributed by atoms with Gasteiger partial charge in [-0.2, -0.15) is 4.98 Å². The molecule has 0 radical (unpaired) electrons. The van der Waals surface area contributed by atoms with Gasteiger partial charge in [-0.3, -0.25) is 9.69 Å². The number of carbonyl (C=O) groups is 1. The zero-order chi connectivity index (χ0) is 23.2. The molecule has 0 aromatic carbocycles. The molecular formula is C27H44N6O. The van der Waals surface area contributed by atoms with Crippen LogP contribution in [0.3, 0.4) is 0 Å². The lowest BCUT2D eigenvalue weighted by molar-refractivity contribution is -0.133. The van der Waals surface area contributed by atoms with Gasteiger partial charge in [-0.25, -0.2) is 4.98 Å². The predicted octanol–water partition coefficient (Wildman–Crippen LogP) is 4.30. The first-order valence-corrected chi connectivity index (χ1v) is 14.1. The SMILES string of the molecule is O=C(CCC1CCCC1)N1CCCC(N2CCC(Nc3nccc(N4CCCCCC4)n3)C2)C1. The van der Waals surface area contributed by atoms with Gasteiger partial charge in [-0.1, -0.05) is 38.5 Å². The van der Waals surface area contributed by atoms with Gasteiger partial charge in [0.1, 0.15) is 5.82 Å². The van der Waals surface area contributed by atoms with Gasteiger partial charge >= 0.3 is 0 Å². The fourth-order valence-electron chi connectivity index (χ4n) is 6.58. The van der Waals surface area contributed by atoms with Crippen LogP contribution in [0.1, 0.15) is 83.5 Å². The van der Waals surface area contributed by atoms with E-state index < -0.39 is 0 Å². The number of nitrogens with zero attached hydrogens (tertiary/aromatic N) is 5. The topological polar surface area (TPSA) is 64.6 Å². The quantitative estimate of drug-likeness (QED) is 0.644. The highest BCUT2D eigenvalue weighted by molar-refractivity contribution is 5.76. The molecule has 2 unspecified atom stereocenters. The van der Waals surface area contributed by atoms with Crippen LogP contribution < -0.4 is 10.2 Å². The number of anilines is 2. The molecule has 7 heteroatoms. The van der Waals surface area contributed by atoms with Crippen molar-refractivity contribution in [2.24, 2.45) is 5.92 Å². The van der Waals surface area contributed by atoms with Crippen LogP contribution in [0.15, 0.2) is 12.3 Å². The second-order valence-electron chi connectivity index (χ2n) is 11.1. The maximum atomic E-state index is 12.9. The van der Waals surface area contributed by atoms with Crippen LogP contribution in [0, 0.1) is 5.92 Å². The first-order valence-electron chi connectivity index (χ1n) is 14.1. The molecule has 1 aromatic heterocycles. The number of amides is 1. The molecule has 1 saturated carbocycles. The molecule has 0 bridgehead atoms. The molecule has 1 aliphatic carbocycles. The zero-order valence-electron chi connectivity index (χ0n) is 21.0. The van der Waals surface area contributed by atoms with E-state index in [0.29, 0.717) is 18.0 Å². The number of aromatic nitrogens is 2. The van der Waals surface area contributed by atoms with Crippen molar-refractivity contribution in [3.63, 3.8) is 0 Å². The fraction of sp³-hybridized carbons (Fsp3) is 0.815. The van der Waals surface area contributed by atoms with Crippen molar-refractivity contribution < 1.29 is 4.79 Å². The number of piperidine rings is 1. The van der Waals surface area contributed by atoms with Crippen molar-refractivity contribution in [3.05, 3.63) is 12.3 Å². The summed E-state index contributed by atoms with van der Waals surface area (Å²) in [4.78, 5) is 29.5. The second-order valence-corrected chi connectivity index (χ2v) is 11.1. The molecule has 1 N–H and O–H groups in total. The Hall–Kier alpha value is -1.89. The normalized spacial score (nSPS) is 27.2. The largest absolute Gasteiger partial charge is 0.356 e. The number of hydrogen-bond donors (Lipinski definition) is 1. The summed E-state index contributed by atoms with van der Waals surface area (Å²) in [6.07, 6.45) is 17.8. The van der Waals surface area contributed by atoms with E-state index in [1.165, 1.54) is 57.8 Å². The van der Waals surface area contributed by atoms with E-state index in [1.54, 1.807) is 0 Å². The second kappa shape index (κ2) is 11.7. The predicted molar refractivity (Wildman–Crippen MR) is 137 cm³/mol. The molecule has 4 fully saturated rings. The third kappa shape index (κ3) is 6.21. The Morgan fingerprint density at radius 1 is 0.912 bits per heavy atom. The summed E-state index contributed by atoms with van der Waals surface area (Å²) in [5, 5.41) is 3.62. The van der Waals surface area contributed by atoms with Gasteiger partial charge < -0.3 is 15.1 Å².